The van der Waals surface area contributed by atoms with E-state index in [1.54, 1.807) is 7.05 Å². The van der Waals surface area contributed by atoms with Crippen LogP contribution < -0.4 is 15.5 Å². The maximum Gasteiger partial charge on any atom is 0.318 e. The monoisotopic (exact) mass is 450 g/mol. The molecule has 2 fully saturated rings. The van der Waals surface area contributed by atoms with Gasteiger partial charge in [-0.3, -0.25) is 0 Å². The number of carbonyl (C=O) groups is 1. The van der Waals surface area contributed by atoms with E-state index in [4.69, 9.17) is 14.7 Å². The van der Waals surface area contributed by atoms with Gasteiger partial charge in [0.05, 0.1) is 30.3 Å². The molecule has 2 atom stereocenters. The second kappa shape index (κ2) is 8.95. The molecule has 0 aliphatic carbocycles. The van der Waals surface area contributed by atoms with Crippen molar-refractivity contribution in [2.75, 3.05) is 51.0 Å². The summed E-state index contributed by atoms with van der Waals surface area (Å²) in [5, 5.41) is 10.9. The van der Waals surface area contributed by atoms with Crippen LogP contribution in [0.25, 0.3) is 22.4 Å². The van der Waals surface area contributed by atoms with Gasteiger partial charge in [0, 0.05) is 37.9 Å². The lowest BCUT2D eigenvalue weighted by atomic mass is 10.2. The number of nitrogens with zero attached hydrogens (tertiary/aromatic N) is 6. The van der Waals surface area contributed by atoms with Gasteiger partial charge in [-0.15, -0.1) is 0 Å². The quantitative estimate of drug-likeness (QED) is 0.594. The van der Waals surface area contributed by atoms with Crippen LogP contribution in [0.15, 0.2) is 30.5 Å². The molecule has 2 bridgehead atoms. The number of hydrogen-bond acceptors (Lipinski definition) is 7. The Morgan fingerprint density at radius 1 is 1.15 bits per heavy atom. The van der Waals surface area contributed by atoms with Gasteiger partial charge in [-0.1, -0.05) is 0 Å². The van der Waals surface area contributed by atoms with E-state index in [0.717, 1.165) is 61.4 Å². The van der Waals surface area contributed by atoms with Crippen LogP contribution in [0.5, 0.6) is 0 Å². The van der Waals surface area contributed by atoms with Gasteiger partial charge in [-0.2, -0.15) is 5.10 Å². The van der Waals surface area contributed by atoms with Gasteiger partial charge in [0.2, 0.25) is 0 Å². The summed E-state index contributed by atoms with van der Waals surface area (Å²) in [6.45, 7) is 3.28. The maximum absolute atomic E-state index is 11.6. The maximum atomic E-state index is 11.6. The average molecular weight is 451 g/mol. The summed E-state index contributed by atoms with van der Waals surface area (Å²) >= 11 is 0. The molecule has 2 aromatic heterocycles. The Hall–Kier alpha value is -3.24. The van der Waals surface area contributed by atoms with Gasteiger partial charge < -0.3 is 25.2 Å². The first-order chi connectivity index (χ1) is 16.0. The van der Waals surface area contributed by atoms with Crippen molar-refractivity contribution in [1.82, 2.24) is 30.0 Å². The van der Waals surface area contributed by atoms with Crippen LogP contribution in [0, 0.1) is 0 Å². The first kappa shape index (κ1) is 21.6. The molecule has 1 aromatic carbocycles. The van der Waals surface area contributed by atoms with Gasteiger partial charge in [0.15, 0.2) is 11.5 Å². The highest BCUT2D eigenvalue weighted by Gasteiger charge is 2.35. The fraction of sp³-hybridized carbons (Fsp3) is 0.478. The third kappa shape index (κ3) is 4.49. The van der Waals surface area contributed by atoms with Gasteiger partial charge in [0.25, 0.3) is 0 Å². The molecule has 2 aliphatic rings. The molecule has 0 saturated carbocycles. The third-order valence-electron chi connectivity index (χ3n) is 6.21. The van der Waals surface area contributed by atoms with Gasteiger partial charge in [-0.25, -0.2) is 19.4 Å². The van der Waals surface area contributed by atoms with Crippen molar-refractivity contribution in [3.05, 3.63) is 30.5 Å². The number of ether oxygens (including phenoxy) is 1. The zero-order chi connectivity index (χ0) is 22.9. The minimum atomic E-state index is -0.255. The minimum Gasteiger partial charge on any atom is -0.371 e. The lowest BCUT2D eigenvalue weighted by Crippen LogP contribution is -2.43. The van der Waals surface area contributed by atoms with Crippen molar-refractivity contribution >= 4 is 28.6 Å². The minimum absolute atomic E-state index is 0.255. The van der Waals surface area contributed by atoms with Crippen LogP contribution >= 0.6 is 0 Å². The third-order valence-corrected chi connectivity index (χ3v) is 6.21. The second-order valence-corrected chi connectivity index (χ2v) is 8.92. The number of benzene rings is 1. The molecule has 4 heterocycles. The molecule has 0 radical (unpaired) electrons. The Bertz CT molecular complexity index is 1130. The van der Waals surface area contributed by atoms with Gasteiger partial charge >= 0.3 is 6.03 Å². The van der Waals surface area contributed by atoms with E-state index in [-0.39, 0.29) is 18.2 Å². The van der Waals surface area contributed by atoms with Crippen molar-refractivity contribution < 1.29 is 9.53 Å². The van der Waals surface area contributed by atoms with E-state index >= 15 is 0 Å². The molecule has 5 rings (SSSR count). The molecule has 2 N–H and O–H groups in total. The molecule has 174 valence electrons. The Labute approximate surface area is 192 Å². The smallest absolute Gasteiger partial charge is 0.318 e. The Balaban J connectivity index is 1.53. The summed E-state index contributed by atoms with van der Waals surface area (Å²) in [5.41, 5.74) is 2.43. The predicted octanol–water partition coefficient (Wildman–Crippen LogP) is 2.17. The summed E-state index contributed by atoms with van der Waals surface area (Å²) in [6.07, 6.45) is 4.61. The fourth-order valence-electron chi connectivity index (χ4n) is 4.45. The van der Waals surface area contributed by atoms with Crippen LogP contribution in [0.2, 0.25) is 0 Å². The Morgan fingerprint density at radius 3 is 2.55 bits per heavy atom. The van der Waals surface area contributed by atoms with Crippen molar-refractivity contribution in [1.29, 1.82) is 0 Å². The molecular weight excluding hydrogens is 420 g/mol. The van der Waals surface area contributed by atoms with E-state index in [2.05, 4.69) is 39.6 Å². The number of rotatable bonds is 6. The van der Waals surface area contributed by atoms with Crippen molar-refractivity contribution in [3.63, 3.8) is 0 Å². The summed E-state index contributed by atoms with van der Waals surface area (Å²) in [4.78, 5) is 26.0. The van der Waals surface area contributed by atoms with Crippen LogP contribution in [0.4, 0.5) is 16.3 Å². The number of nitrogens with one attached hydrogen (secondary N) is 2. The van der Waals surface area contributed by atoms with E-state index in [1.807, 2.05) is 35.1 Å². The first-order valence-corrected chi connectivity index (χ1v) is 11.4. The van der Waals surface area contributed by atoms with E-state index < -0.39 is 0 Å². The fourth-order valence-corrected chi connectivity index (χ4v) is 4.45. The number of fused-ring (bicyclic) bond motifs is 3. The Kier molecular flexibility index (Phi) is 5.86. The topological polar surface area (TPSA) is 100 Å². The van der Waals surface area contributed by atoms with E-state index in [0.29, 0.717) is 11.5 Å². The summed E-state index contributed by atoms with van der Waals surface area (Å²) in [7, 11) is 5.69. The van der Waals surface area contributed by atoms with Gasteiger partial charge in [0.1, 0.15) is 5.82 Å². The van der Waals surface area contributed by atoms with Crippen LogP contribution in [-0.2, 0) is 11.3 Å². The molecule has 2 unspecified atom stereocenters. The lowest BCUT2D eigenvalue weighted by Gasteiger charge is -2.33. The van der Waals surface area contributed by atoms with Crippen LogP contribution in [-0.4, -0.2) is 83.7 Å². The first-order valence-electron chi connectivity index (χ1n) is 11.4. The average Bonchev–Trinajstić information content (AvgIpc) is 3.39. The summed E-state index contributed by atoms with van der Waals surface area (Å²) < 4.78 is 8.01. The predicted molar refractivity (Wildman–Crippen MR) is 127 cm³/mol. The molecule has 2 amide bonds. The molecule has 10 heteroatoms. The zero-order valence-corrected chi connectivity index (χ0v) is 19.3. The largest absolute Gasteiger partial charge is 0.371 e. The molecule has 33 heavy (non-hydrogen) atoms. The Morgan fingerprint density at radius 2 is 1.88 bits per heavy atom. The summed E-state index contributed by atoms with van der Waals surface area (Å²) in [5.74, 6) is 1.56. The highest BCUT2D eigenvalue weighted by atomic mass is 16.5. The number of urea groups is 1. The number of amides is 2. The summed E-state index contributed by atoms with van der Waals surface area (Å²) in [6, 6.07) is 7.32. The second-order valence-electron chi connectivity index (χ2n) is 8.92. The van der Waals surface area contributed by atoms with Crippen LogP contribution in [0.3, 0.4) is 0 Å². The SMILES string of the molecule is CNC(=O)Nc1ccc(-c2nc(N3CC4CCC(C3)O4)c3cnn(CCN(C)C)c3n2)cc1. The molecule has 0 spiro atoms. The molecule has 2 aliphatic heterocycles. The van der Waals surface area contributed by atoms with Gasteiger partial charge in [-0.05, 0) is 51.2 Å². The van der Waals surface area contributed by atoms with Crippen molar-refractivity contribution in [2.24, 2.45) is 0 Å². The van der Waals surface area contributed by atoms with Crippen molar-refractivity contribution in [2.45, 2.75) is 31.6 Å². The number of hydrogen-bond donors (Lipinski definition) is 2. The van der Waals surface area contributed by atoms with E-state index in [1.165, 1.54) is 0 Å². The van der Waals surface area contributed by atoms with Crippen molar-refractivity contribution in [3.8, 4) is 11.4 Å². The van der Waals surface area contributed by atoms with Crippen LogP contribution in [0.1, 0.15) is 12.8 Å². The molecule has 3 aromatic rings. The molecule has 2 saturated heterocycles. The number of likely N-dealkylation sites (N-methyl/N-ethyl adjacent to an activating group) is 1. The standard InChI is InChI=1S/C23H30N8O2/c1-24-23(32)26-16-6-4-15(5-7-16)20-27-21(30-13-17-8-9-18(14-30)33-17)19-12-25-31(22(19)28-20)11-10-29(2)3/h4-7,12,17-18H,8-11,13-14H2,1-3H3,(H2,24,26,32). The molecular formula is C23H30N8O2. The highest BCUT2D eigenvalue weighted by molar-refractivity contribution is 5.90. The number of morpholine rings is 1. The number of carbonyl (C=O) groups excluding carboxylic acids is 1. The highest BCUT2D eigenvalue weighted by Crippen LogP contribution is 2.33. The zero-order valence-electron chi connectivity index (χ0n) is 19.3. The van der Waals surface area contributed by atoms with E-state index in [9.17, 15) is 4.79 Å². The normalized spacial score (nSPS) is 19.9. The lowest BCUT2D eigenvalue weighted by molar-refractivity contribution is 0.0303. The molecule has 10 nitrogen and oxygen atoms in total. The number of anilines is 2. The number of aromatic nitrogens is 4.